The summed E-state index contributed by atoms with van der Waals surface area (Å²) in [7, 11) is -10.1. The van der Waals surface area contributed by atoms with Crippen molar-refractivity contribution in [2.24, 2.45) is 0 Å². The molecule has 0 aliphatic heterocycles. The molecule has 0 fully saturated rings. The molecule has 0 heterocycles. The standard InChI is InChI=1S/4C4H11NO2.CH4.H4O7P2/c4*6-3-1-5-2-4-7;;1-8(2,3)7-9(4,5)6/h4*5-7H,1-4H2;1H4;(H2,1,2,3)(H2,4,5,6). The molecule has 0 amide bonds. The minimum absolute atomic E-state index is 0. The zero-order valence-electron chi connectivity index (χ0n) is 20.8. The van der Waals surface area contributed by atoms with E-state index in [4.69, 9.17) is 60.4 Å². The van der Waals surface area contributed by atoms with E-state index in [9.17, 15) is 9.13 Å². The quantitative estimate of drug-likeness (QED) is 0.0504. The monoisotopic (exact) mass is 614 g/mol. The Morgan fingerprint density at radius 3 is 0.579 bits per heavy atom. The Labute approximate surface area is 224 Å². The van der Waals surface area contributed by atoms with E-state index < -0.39 is 15.6 Å². The number of hydrogen-bond acceptors (Lipinski definition) is 15. The molecule has 0 atom stereocenters. The van der Waals surface area contributed by atoms with Gasteiger partial charge in [0.15, 0.2) is 0 Å². The number of aliphatic hydroxyl groups excluding tert-OH is 8. The van der Waals surface area contributed by atoms with E-state index in [2.05, 4.69) is 25.6 Å². The van der Waals surface area contributed by atoms with Crippen molar-refractivity contribution in [1.29, 1.82) is 0 Å². The van der Waals surface area contributed by atoms with Gasteiger partial charge in [-0.15, -0.1) is 0 Å². The second kappa shape index (κ2) is 43.8. The molecule has 21 heteroatoms. The van der Waals surface area contributed by atoms with Crippen molar-refractivity contribution < 1.29 is 73.9 Å². The first kappa shape index (κ1) is 50.6. The van der Waals surface area contributed by atoms with E-state index in [1.165, 1.54) is 0 Å². The number of phosphoric acid groups is 2. The number of hydrogen-bond donors (Lipinski definition) is 16. The third kappa shape index (κ3) is 91.2. The van der Waals surface area contributed by atoms with Crippen LogP contribution in [-0.4, -0.2) is 166 Å². The van der Waals surface area contributed by atoms with E-state index in [1.54, 1.807) is 0 Å². The van der Waals surface area contributed by atoms with Crippen LogP contribution >= 0.6 is 15.6 Å². The Morgan fingerprint density at radius 2 is 0.526 bits per heavy atom. The van der Waals surface area contributed by atoms with Gasteiger partial charge in [0.05, 0.1) is 52.9 Å². The lowest BCUT2D eigenvalue weighted by atomic mass is 10.6. The third-order valence-electron chi connectivity index (χ3n) is 2.52. The lowest BCUT2D eigenvalue weighted by molar-refractivity contribution is 0.225. The molecule has 38 heavy (non-hydrogen) atoms. The predicted molar refractivity (Wildman–Crippen MR) is 140 cm³/mol. The molecule has 0 aliphatic rings. The fourth-order valence-electron chi connectivity index (χ4n) is 1.27. The topological polar surface area (TPSA) is 334 Å². The van der Waals surface area contributed by atoms with Crippen LogP contribution in [0.1, 0.15) is 7.43 Å². The van der Waals surface area contributed by atoms with Crippen molar-refractivity contribution >= 4 is 15.6 Å². The summed E-state index contributed by atoms with van der Waals surface area (Å²) in [5.74, 6) is 0. The molecule has 0 aromatic carbocycles. The van der Waals surface area contributed by atoms with E-state index in [0.29, 0.717) is 52.4 Å². The van der Waals surface area contributed by atoms with Crippen LogP contribution in [0.2, 0.25) is 0 Å². The van der Waals surface area contributed by atoms with E-state index in [-0.39, 0.29) is 60.3 Å². The minimum Gasteiger partial charge on any atom is -0.395 e. The van der Waals surface area contributed by atoms with Crippen LogP contribution in [0, 0.1) is 0 Å². The maximum absolute atomic E-state index is 9.63. The molecule has 240 valence electrons. The zero-order chi connectivity index (χ0) is 29.8. The summed E-state index contributed by atoms with van der Waals surface area (Å²) in [5.41, 5.74) is 0. The fraction of sp³-hybridized carbons (Fsp3) is 1.00. The number of aliphatic hydroxyl groups is 8. The lowest BCUT2D eigenvalue weighted by Crippen LogP contribution is -2.21. The maximum Gasteiger partial charge on any atom is 0.478 e. The predicted octanol–water partition coefficient (Wildman–Crippen LogP) is -5.93. The second-order valence-corrected chi connectivity index (χ2v) is 8.47. The van der Waals surface area contributed by atoms with Gasteiger partial charge in [-0.25, -0.2) is 9.13 Å². The molecule has 0 unspecified atom stereocenters. The summed E-state index contributed by atoms with van der Waals surface area (Å²) in [5, 5.41) is 76.3. The van der Waals surface area contributed by atoms with Crippen LogP contribution in [0.15, 0.2) is 0 Å². The molecule has 0 aromatic rings. The molecule has 0 aromatic heterocycles. The molecule has 0 rings (SSSR count). The molecule has 0 radical (unpaired) electrons. The minimum atomic E-state index is -5.05. The van der Waals surface area contributed by atoms with Crippen molar-refractivity contribution in [1.82, 2.24) is 21.3 Å². The highest BCUT2D eigenvalue weighted by atomic mass is 31.3. The van der Waals surface area contributed by atoms with Crippen molar-refractivity contribution in [3.63, 3.8) is 0 Å². The molecular formula is C17H52N4O15P2. The van der Waals surface area contributed by atoms with Gasteiger partial charge in [-0.3, -0.25) is 0 Å². The normalized spacial score (nSPS) is 10.2. The Balaban J connectivity index is -0.0000000840. The highest BCUT2D eigenvalue weighted by Crippen LogP contribution is 2.53. The first-order chi connectivity index (χ1) is 17.4. The van der Waals surface area contributed by atoms with E-state index in [0.717, 1.165) is 0 Å². The third-order valence-corrected chi connectivity index (χ3v) is 4.22. The van der Waals surface area contributed by atoms with Crippen LogP contribution in [0.25, 0.3) is 0 Å². The van der Waals surface area contributed by atoms with Crippen LogP contribution in [0.3, 0.4) is 0 Å². The highest BCUT2D eigenvalue weighted by molar-refractivity contribution is 7.60. The smallest absolute Gasteiger partial charge is 0.395 e. The number of nitrogens with one attached hydrogen (secondary N) is 4. The average molecular weight is 615 g/mol. The summed E-state index contributed by atoms with van der Waals surface area (Å²) < 4.78 is 22.2. The lowest BCUT2D eigenvalue weighted by Gasteiger charge is -2.03. The van der Waals surface area contributed by atoms with Gasteiger partial charge >= 0.3 is 15.6 Å². The van der Waals surface area contributed by atoms with E-state index >= 15 is 0 Å². The van der Waals surface area contributed by atoms with Crippen LogP contribution in [-0.2, 0) is 13.4 Å². The Bertz CT molecular complexity index is 401. The SMILES string of the molecule is C.O=P(O)(O)OP(=O)(O)O.OCCNCCO.OCCNCCO.OCCNCCO.OCCNCCO. The molecule has 16 N–H and O–H groups in total. The Morgan fingerprint density at radius 1 is 0.395 bits per heavy atom. The summed E-state index contributed by atoms with van der Waals surface area (Å²) in [4.78, 5) is 31.0. The van der Waals surface area contributed by atoms with Gasteiger partial charge in [0, 0.05) is 52.4 Å². The largest absolute Gasteiger partial charge is 0.478 e. The summed E-state index contributed by atoms with van der Waals surface area (Å²) in [6.07, 6.45) is 0. The molecule has 0 bridgehead atoms. The van der Waals surface area contributed by atoms with Crippen molar-refractivity contribution in [3.8, 4) is 0 Å². The summed E-state index contributed by atoms with van der Waals surface area (Å²) >= 11 is 0. The maximum atomic E-state index is 9.63. The fourth-order valence-corrected chi connectivity index (χ4v) is 2.38. The molecule has 0 aliphatic carbocycles. The molecular weight excluding hydrogens is 562 g/mol. The molecule has 0 spiro atoms. The Kier molecular flexibility index (Phi) is 58.4. The number of rotatable bonds is 18. The van der Waals surface area contributed by atoms with Crippen LogP contribution in [0.5, 0.6) is 0 Å². The van der Waals surface area contributed by atoms with Gasteiger partial charge in [0.1, 0.15) is 0 Å². The van der Waals surface area contributed by atoms with Gasteiger partial charge in [0.2, 0.25) is 0 Å². The molecule has 19 nitrogen and oxygen atoms in total. The van der Waals surface area contributed by atoms with Crippen molar-refractivity contribution in [2.75, 3.05) is 105 Å². The van der Waals surface area contributed by atoms with Gasteiger partial charge < -0.3 is 81.7 Å². The zero-order valence-corrected chi connectivity index (χ0v) is 22.6. The van der Waals surface area contributed by atoms with E-state index in [1.807, 2.05) is 0 Å². The highest BCUT2D eigenvalue weighted by Gasteiger charge is 2.27. The first-order valence-corrected chi connectivity index (χ1v) is 13.9. The summed E-state index contributed by atoms with van der Waals surface area (Å²) in [6.45, 7) is 5.67. The summed E-state index contributed by atoms with van der Waals surface area (Å²) in [6, 6.07) is 0. The van der Waals surface area contributed by atoms with Crippen molar-refractivity contribution in [3.05, 3.63) is 0 Å². The van der Waals surface area contributed by atoms with Crippen LogP contribution < -0.4 is 21.3 Å². The first-order valence-electron chi connectivity index (χ1n) is 10.9. The molecule has 0 saturated carbocycles. The van der Waals surface area contributed by atoms with Gasteiger partial charge in [-0.1, -0.05) is 7.43 Å². The van der Waals surface area contributed by atoms with Gasteiger partial charge in [0.25, 0.3) is 0 Å². The average Bonchev–Trinajstić information content (AvgIpc) is 2.80. The van der Waals surface area contributed by atoms with Crippen molar-refractivity contribution in [2.45, 2.75) is 7.43 Å². The molecule has 0 saturated heterocycles. The van der Waals surface area contributed by atoms with Crippen LogP contribution in [0.4, 0.5) is 0 Å². The Hall–Kier alpha value is -0.220. The van der Waals surface area contributed by atoms with Gasteiger partial charge in [-0.2, -0.15) is 4.31 Å². The second-order valence-electron chi connectivity index (χ2n) is 5.85. The van der Waals surface area contributed by atoms with Gasteiger partial charge in [-0.05, 0) is 0 Å².